The van der Waals surface area contributed by atoms with E-state index in [2.05, 4.69) is 5.10 Å². The summed E-state index contributed by atoms with van der Waals surface area (Å²) in [6, 6.07) is 25.9. The number of ether oxygens (including phenoxy) is 3. The average Bonchev–Trinajstić information content (AvgIpc) is 3.47. The van der Waals surface area contributed by atoms with Crippen molar-refractivity contribution in [2.24, 2.45) is 5.10 Å². The molecule has 0 aliphatic rings. The Morgan fingerprint density at radius 3 is 2.44 bits per heavy atom. The summed E-state index contributed by atoms with van der Waals surface area (Å²) in [4.78, 5) is 29.0. The number of aromatic nitrogens is 2. The molecule has 2 heterocycles. The summed E-state index contributed by atoms with van der Waals surface area (Å²) >= 11 is 0. The Labute approximate surface area is 244 Å². The number of hydrogen-bond acceptors (Lipinski definition) is 9. The van der Waals surface area contributed by atoms with E-state index in [9.17, 15) is 14.9 Å². The highest BCUT2D eigenvalue weighted by molar-refractivity contribution is 5.85. The average molecular weight is 577 g/mol. The van der Waals surface area contributed by atoms with Crippen LogP contribution in [0.2, 0.25) is 0 Å². The summed E-state index contributed by atoms with van der Waals surface area (Å²) in [7, 11) is 2.96. The quantitative estimate of drug-likeness (QED) is 0.113. The van der Waals surface area contributed by atoms with Gasteiger partial charge in [-0.25, -0.2) is 4.98 Å². The molecular weight excluding hydrogens is 552 g/mol. The van der Waals surface area contributed by atoms with E-state index >= 15 is 0 Å². The molecule has 2 aromatic heterocycles. The molecule has 43 heavy (non-hydrogen) atoms. The van der Waals surface area contributed by atoms with Crippen LogP contribution in [0.5, 0.6) is 17.2 Å². The molecule has 0 atom stereocenters. The molecule has 0 N–H and O–H groups in total. The first kappa shape index (κ1) is 27.2. The van der Waals surface area contributed by atoms with E-state index in [4.69, 9.17) is 23.6 Å². The molecule has 11 nitrogen and oxygen atoms in total. The number of fused-ring (bicyclic) bond motifs is 2. The topological polar surface area (TPSA) is 131 Å². The van der Waals surface area contributed by atoms with Crippen LogP contribution in [0.15, 0.2) is 105 Å². The minimum absolute atomic E-state index is 0.0352. The van der Waals surface area contributed by atoms with Crippen LogP contribution in [0.4, 0.5) is 5.69 Å². The van der Waals surface area contributed by atoms with Gasteiger partial charge in [0.2, 0.25) is 11.6 Å². The molecule has 0 amide bonds. The lowest BCUT2D eigenvalue weighted by atomic mass is 10.2. The monoisotopic (exact) mass is 576 g/mol. The molecule has 0 aliphatic heterocycles. The molecule has 0 radical (unpaired) electrons. The van der Waals surface area contributed by atoms with Gasteiger partial charge in [-0.15, -0.1) is 0 Å². The molecule has 0 spiro atoms. The normalized spacial score (nSPS) is 11.3. The van der Waals surface area contributed by atoms with Crippen molar-refractivity contribution in [3.8, 4) is 28.8 Å². The largest absolute Gasteiger partial charge is 0.493 e. The van der Waals surface area contributed by atoms with Crippen LogP contribution in [0.3, 0.4) is 0 Å². The van der Waals surface area contributed by atoms with Crippen molar-refractivity contribution >= 4 is 33.8 Å². The van der Waals surface area contributed by atoms with E-state index in [1.165, 1.54) is 37.2 Å². The third-order valence-electron chi connectivity index (χ3n) is 6.71. The third kappa shape index (κ3) is 5.38. The molecule has 0 aliphatic carbocycles. The van der Waals surface area contributed by atoms with E-state index in [0.29, 0.717) is 50.6 Å². The first-order valence-corrected chi connectivity index (χ1v) is 13.1. The molecule has 214 valence electrons. The summed E-state index contributed by atoms with van der Waals surface area (Å²) in [6.45, 7) is 0.0425. The van der Waals surface area contributed by atoms with Crippen LogP contribution in [0.1, 0.15) is 11.1 Å². The van der Waals surface area contributed by atoms with Gasteiger partial charge < -0.3 is 18.6 Å². The van der Waals surface area contributed by atoms with Crippen molar-refractivity contribution in [2.45, 2.75) is 6.61 Å². The maximum Gasteiger partial charge on any atom is 0.282 e. The predicted octanol–water partition coefficient (Wildman–Crippen LogP) is 6.20. The van der Waals surface area contributed by atoms with Gasteiger partial charge in [-0.05, 0) is 42.0 Å². The molecular formula is C32H24N4O7. The van der Waals surface area contributed by atoms with Crippen molar-refractivity contribution in [1.29, 1.82) is 0 Å². The second kappa shape index (κ2) is 11.5. The third-order valence-corrected chi connectivity index (χ3v) is 6.71. The first-order chi connectivity index (χ1) is 20.9. The fraction of sp³-hybridized carbons (Fsp3) is 0.0938. The number of methoxy groups -OCH3 is 2. The number of hydrogen-bond donors (Lipinski definition) is 0. The lowest BCUT2D eigenvalue weighted by Crippen LogP contribution is -2.20. The summed E-state index contributed by atoms with van der Waals surface area (Å²) in [5.74, 6) is 1.62. The number of nitrogens with zero attached hydrogens (tertiary/aromatic N) is 4. The number of para-hydroxylation sites is 2. The van der Waals surface area contributed by atoms with Gasteiger partial charge in [0.05, 0.1) is 36.3 Å². The van der Waals surface area contributed by atoms with Crippen LogP contribution in [0, 0.1) is 10.1 Å². The van der Waals surface area contributed by atoms with Gasteiger partial charge in [-0.3, -0.25) is 14.9 Å². The zero-order valence-electron chi connectivity index (χ0n) is 23.1. The lowest BCUT2D eigenvalue weighted by Gasteiger charge is -2.15. The number of nitro benzene ring substituents is 1. The van der Waals surface area contributed by atoms with Gasteiger partial charge in [0.15, 0.2) is 17.3 Å². The van der Waals surface area contributed by atoms with Crippen molar-refractivity contribution in [2.75, 3.05) is 14.2 Å². The number of rotatable bonds is 9. The Bertz CT molecular complexity index is 2020. The fourth-order valence-corrected chi connectivity index (χ4v) is 4.64. The smallest absolute Gasteiger partial charge is 0.282 e. The standard InChI is InChI=1S/C32H24N4O7/c1-40-27-15-21(16-28(41-2)30(27)42-19-20-8-7-10-23(14-20)36(38)39)18-33-35-31(29-17-22-9-3-6-13-26(22)43-29)34-25-12-5-4-11-24(25)32(35)37/h3-18H,19H2,1-2H3. The molecule has 0 bridgehead atoms. The second-order valence-electron chi connectivity index (χ2n) is 9.43. The van der Waals surface area contributed by atoms with Crippen molar-refractivity contribution in [3.63, 3.8) is 0 Å². The maximum atomic E-state index is 13.6. The molecule has 0 fully saturated rings. The van der Waals surface area contributed by atoms with Gasteiger partial charge in [-0.1, -0.05) is 42.5 Å². The van der Waals surface area contributed by atoms with Gasteiger partial charge >= 0.3 is 0 Å². The van der Waals surface area contributed by atoms with E-state index in [1.807, 2.05) is 36.4 Å². The fourth-order valence-electron chi connectivity index (χ4n) is 4.64. The van der Waals surface area contributed by atoms with E-state index in [1.54, 1.807) is 42.5 Å². The molecule has 11 heteroatoms. The van der Waals surface area contributed by atoms with E-state index < -0.39 is 4.92 Å². The minimum atomic E-state index is -0.463. The van der Waals surface area contributed by atoms with Crippen molar-refractivity contribution < 1.29 is 23.6 Å². The van der Waals surface area contributed by atoms with Crippen LogP contribution in [-0.4, -0.2) is 35.0 Å². The summed E-state index contributed by atoms with van der Waals surface area (Å²) in [5.41, 5.74) is 1.92. The molecule has 0 unspecified atom stereocenters. The zero-order chi connectivity index (χ0) is 29.9. The first-order valence-electron chi connectivity index (χ1n) is 13.1. The molecule has 6 aromatic rings. The molecule has 0 saturated heterocycles. The number of furan rings is 1. The Morgan fingerprint density at radius 1 is 0.953 bits per heavy atom. The number of non-ortho nitro benzene ring substituents is 1. The van der Waals surface area contributed by atoms with Gasteiger partial charge in [0.1, 0.15) is 12.2 Å². The minimum Gasteiger partial charge on any atom is -0.493 e. The maximum absolute atomic E-state index is 13.6. The highest BCUT2D eigenvalue weighted by Gasteiger charge is 2.18. The lowest BCUT2D eigenvalue weighted by molar-refractivity contribution is -0.384. The summed E-state index contributed by atoms with van der Waals surface area (Å²) in [5, 5.41) is 16.9. The zero-order valence-corrected chi connectivity index (χ0v) is 23.1. The van der Waals surface area contributed by atoms with Gasteiger partial charge in [0.25, 0.3) is 11.2 Å². The van der Waals surface area contributed by atoms with Crippen LogP contribution in [0.25, 0.3) is 33.5 Å². The second-order valence-corrected chi connectivity index (χ2v) is 9.43. The highest BCUT2D eigenvalue weighted by Crippen LogP contribution is 2.39. The van der Waals surface area contributed by atoms with Crippen LogP contribution >= 0.6 is 0 Å². The Morgan fingerprint density at radius 2 is 1.70 bits per heavy atom. The Hall–Kier alpha value is -5.97. The number of nitro groups is 1. The summed E-state index contributed by atoms with van der Waals surface area (Å²) in [6.07, 6.45) is 1.49. The van der Waals surface area contributed by atoms with Gasteiger partial charge in [0, 0.05) is 23.1 Å². The van der Waals surface area contributed by atoms with Crippen LogP contribution in [-0.2, 0) is 6.61 Å². The van der Waals surface area contributed by atoms with Crippen molar-refractivity contribution in [3.05, 3.63) is 123 Å². The number of benzene rings is 4. The Balaban J connectivity index is 1.38. The van der Waals surface area contributed by atoms with E-state index in [0.717, 1.165) is 5.39 Å². The van der Waals surface area contributed by atoms with Crippen LogP contribution < -0.4 is 19.8 Å². The highest BCUT2D eigenvalue weighted by atomic mass is 16.6. The molecule has 6 rings (SSSR count). The predicted molar refractivity (Wildman–Crippen MR) is 161 cm³/mol. The van der Waals surface area contributed by atoms with E-state index in [-0.39, 0.29) is 23.7 Å². The van der Waals surface area contributed by atoms with Crippen molar-refractivity contribution in [1.82, 2.24) is 9.66 Å². The molecule has 4 aromatic carbocycles. The SMILES string of the molecule is COc1cc(C=Nn2c(-c3cc4ccccc4o3)nc3ccccc3c2=O)cc(OC)c1OCc1cccc([N+](=O)[O-])c1. The molecule has 0 saturated carbocycles. The van der Waals surface area contributed by atoms with Gasteiger partial charge in [-0.2, -0.15) is 9.78 Å². The Kier molecular flexibility index (Phi) is 7.27. The summed E-state index contributed by atoms with van der Waals surface area (Å²) < 4.78 is 24.3.